The molecule has 0 bridgehead atoms. The van der Waals surface area contributed by atoms with Crippen LogP contribution < -0.4 is 10.2 Å². The van der Waals surface area contributed by atoms with Crippen LogP contribution in [0.3, 0.4) is 0 Å². The molecule has 1 heterocycles. The Morgan fingerprint density at radius 3 is 2.50 bits per heavy atom. The van der Waals surface area contributed by atoms with Crippen molar-refractivity contribution in [2.75, 3.05) is 11.9 Å². The third-order valence-corrected chi connectivity index (χ3v) is 6.35. The molecule has 1 atom stereocenters. The Balaban J connectivity index is 1.67. The summed E-state index contributed by atoms with van der Waals surface area (Å²) in [7, 11) is 2.12. The largest absolute Gasteiger partial charge is 0.357 e. The Labute approximate surface area is 179 Å². The smallest absolute Gasteiger partial charge is 0.252 e. The van der Waals surface area contributed by atoms with Gasteiger partial charge < -0.3 is 10.2 Å². The second kappa shape index (κ2) is 9.29. The summed E-state index contributed by atoms with van der Waals surface area (Å²) in [6.45, 7) is 2.10. The van der Waals surface area contributed by atoms with Crippen LogP contribution in [-0.4, -0.2) is 24.0 Å². The number of rotatable bonds is 6. The van der Waals surface area contributed by atoms with Crippen molar-refractivity contribution in [1.29, 1.82) is 0 Å². The van der Waals surface area contributed by atoms with Crippen LogP contribution in [-0.2, 0) is 0 Å². The molecule has 3 aromatic rings. The molecule has 0 spiro atoms. The number of hydrogen-bond acceptors (Lipinski definition) is 3. The zero-order valence-electron chi connectivity index (χ0n) is 18.0. The SMILES string of the molecule is CC[C@H](NC(=O)c1cc(N(C)C2CCCCC2)nc2ccccc12)c1ccccc1. The van der Waals surface area contributed by atoms with Crippen LogP contribution in [0.4, 0.5) is 5.82 Å². The van der Waals surface area contributed by atoms with Crippen LogP contribution in [0.1, 0.15) is 67.4 Å². The molecule has 0 saturated heterocycles. The minimum Gasteiger partial charge on any atom is -0.357 e. The Morgan fingerprint density at radius 2 is 1.77 bits per heavy atom. The van der Waals surface area contributed by atoms with E-state index in [1.807, 2.05) is 48.5 Å². The first kappa shape index (κ1) is 20.4. The third-order valence-electron chi connectivity index (χ3n) is 6.35. The van der Waals surface area contributed by atoms with E-state index in [2.05, 4.69) is 36.3 Å². The van der Waals surface area contributed by atoms with Crippen molar-refractivity contribution in [1.82, 2.24) is 10.3 Å². The first-order chi connectivity index (χ1) is 14.7. The van der Waals surface area contributed by atoms with Crippen molar-refractivity contribution in [2.24, 2.45) is 0 Å². The highest BCUT2D eigenvalue weighted by Gasteiger charge is 2.22. The Bertz CT molecular complexity index is 996. The van der Waals surface area contributed by atoms with Crippen LogP contribution in [0.2, 0.25) is 0 Å². The van der Waals surface area contributed by atoms with Crippen molar-refractivity contribution in [3.05, 3.63) is 71.8 Å². The first-order valence-electron chi connectivity index (χ1n) is 11.2. The van der Waals surface area contributed by atoms with Gasteiger partial charge in [0.25, 0.3) is 5.91 Å². The topological polar surface area (TPSA) is 45.2 Å². The zero-order chi connectivity index (χ0) is 20.9. The fourth-order valence-corrected chi connectivity index (χ4v) is 4.53. The number of aromatic nitrogens is 1. The standard InChI is InChI=1S/C26H31N3O/c1-3-23(19-12-6-4-7-13-19)28-26(30)22-18-25(27-24-17-11-10-16-21(22)24)29(2)20-14-8-5-9-15-20/h4,6-7,10-13,16-18,20,23H,3,5,8-9,14-15H2,1-2H3,(H,28,30)/t23-/m0/s1. The van der Waals surface area contributed by atoms with Gasteiger partial charge in [0.2, 0.25) is 0 Å². The molecular formula is C26H31N3O. The molecule has 1 N–H and O–H groups in total. The van der Waals surface area contributed by atoms with Gasteiger partial charge in [-0.25, -0.2) is 4.98 Å². The van der Waals surface area contributed by atoms with Gasteiger partial charge >= 0.3 is 0 Å². The van der Waals surface area contributed by atoms with Crippen LogP contribution in [0.5, 0.6) is 0 Å². The second-order valence-electron chi connectivity index (χ2n) is 8.29. The average molecular weight is 402 g/mol. The lowest BCUT2D eigenvalue weighted by atomic mass is 9.94. The molecule has 4 nitrogen and oxygen atoms in total. The van der Waals surface area contributed by atoms with E-state index in [9.17, 15) is 4.79 Å². The molecule has 156 valence electrons. The number of fused-ring (bicyclic) bond motifs is 1. The van der Waals surface area contributed by atoms with Crippen molar-refractivity contribution in [3.63, 3.8) is 0 Å². The molecule has 0 aliphatic heterocycles. The van der Waals surface area contributed by atoms with Crippen LogP contribution >= 0.6 is 0 Å². The van der Waals surface area contributed by atoms with E-state index in [4.69, 9.17) is 4.98 Å². The number of hydrogen-bond donors (Lipinski definition) is 1. The fourth-order valence-electron chi connectivity index (χ4n) is 4.53. The second-order valence-corrected chi connectivity index (χ2v) is 8.29. The van der Waals surface area contributed by atoms with Crippen LogP contribution in [0.25, 0.3) is 10.9 Å². The summed E-state index contributed by atoms with van der Waals surface area (Å²) in [4.78, 5) is 20.6. The van der Waals surface area contributed by atoms with E-state index in [1.54, 1.807) is 0 Å². The van der Waals surface area contributed by atoms with E-state index in [-0.39, 0.29) is 11.9 Å². The molecule has 1 amide bonds. The number of carbonyl (C=O) groups is 1. The summed E-state index contributed by atoms with van der Waals surface area (Å²) in [6, 6.07) is 20.6. The van der Waals surface area contributed by atoms with Gasteiger partial charge in [0.15, 0.2) is 0 Å². The summed E-state index contributed by atoms with van der Waals surface area (Å²) in [5.74, 6) is 0.848. The molecule has 0 unspecified atom stereocenters. The number of para-hydroxylation sites is 1. The van der Waals surface area contributed by atoms with E-state index < -0.39 is 0 Å². The summed E-state index contributed by atoms with van der Waals surface area (Å²) < 4.78 is 0. The van der Waals surface area contributed by atoms with E-state index in [0.29, 0.717) is 11.6 Å². The molecule has 1 aromatic heterocycles. The van der Waals surface area contributed by atoms with Gasteiger partial charge in [0, 0.05) is 18.5 Å². The van der Waals surface area contributed by atoms with Gasteiger partial charge in [-0.05, 0) is 37.0 Å². The predicted molar refractivity (Wildman–Crippen MR) is 124 cm³/mol. The van der Waals surface area contributed by atoms with Gasteiger partial charge in [-0.1, -0.05) is 74.7 Å². The molecule has 30 heavy (non-hydrogen) atoms. The molecule has 1 saturated carbocycles. The van der Waals surface area contributed by atoms with E-state index >= 15 is 0 Å². The Morgan fingerprint density at radius 1 is 1.07 bits per heavy atom. The lowest BCUT2D eigenvalue weighted by molar-refractivity contribution is 0.0937. The number of benzene rings is 2. The molecular weight excluding hydrogens is 370 g/mol. The van der Waals surface area contributed by atoms with Gasteiger partial charge in [-0.3, -0.25) is 4.79 Å². The highest BCUT2D eigenvalue weighted by atomic mass is 16.1. The number of pyridine rings is 1. The first-order valence-corrected chi connectivity index (χ1v) is 11.2. The van der Waals surface area contributed by atoms with Crippen LogP contribution in [0.15, 0.2) is 60.7 Å². The Kier molecular flexibility index (Phi) is 6.32. The zero-order valence-corrected chi connectivity index (χ0v) is 18.0. The monoisotopic (exact) mass is 401 g/mol. The highest BCUT2D eigenvalue weighted by molar-refractivity contribution is 6.07. The molecule has 1 aliphatic rings. The maximum Gasteiger partial charge on any atom is 0.252 e. The molecule has 1 fully saturated rings. The van der Waals surface area contributed by atoms with Gasteiger partial charge in [0.1, 0.15) is 5.82 Å². The number of nitrogens with zero attached hydrogens (tertiary/aromatic N) is 2. The van der Waals surface area contributed by atoms with Crippen molar-refractivity contribution >= 4 is 22.6 Å². The van der Waals surface area contributed by atoms with Gasteiger partial charge in [-0.15, -0.1) is 0 Å². The third kappa shape index (κ3) is 4.33. The predicted octanol–water partition coefficient (Wildman–Crippen LogP) is 5.88. The van der Waals surface area contributed by atoms with E-state index in [1.165, 1.54) is 32.1 Å². The normalized spacial score (nSPS) is 15.7. The minimum atomic E-state index is -0.0393. The average Bonchev–Trinajstić information content (AvgIpc) is 2.82. The molecule has 1 aliphatic carbocycles. The minimum absolute atomic E-state index is 0.00912. The van der Waals surface area contributed by atoms with Gasteiger partial charge in [0.05, 0.1) is 17.1 Å². The lowest BCUT2D eigenvalue weighted by Crippen LogP contribution is -2.34. The van der Waals surface area contributed by atoms with E-state index in [0.717, 1.165) is 28.7 Å². The maximum absolute atomic E-state index is 13.4. The summed E-state index contributed by atoms with van der Waals surface area (Å²) in [5.41, 5.74) is 2.70. The number of anilines is 1. The lowest BCUT2D eigenvalue weighted by Gasteiger charge is -2.32. The molecule has 2 aromatic carbocycles. The van der Waals surface area contributed by atoms with Gasteiger partial charge in [-0.2, -0.15) is 0 Å². The fraction of sp³-hybridized carbons (Fsp3) is 0.385. The quantitative estimate of drug-likeness (QED) is 0.560. The summed E-state index contributed by atoms with van der Waals surface area (Å²) in [6.07, 6.45) is 7.09. The molecule has 4 rings (SSSR count). The Hall–Kier alpha value is -2.88. The number of amides is 1. The van der Waals surface area contributed by atoms with Crippen LogP contribution in [0, 0.1) is 0 Å². The highest BCUT2D eigenvalue weighted by Crippen LogP contribution is 2.29. The van der Waals surface area contributed by atoms with Crippen molar-refractivity contribution in [2.45, 2.75) is 57.5 Å². The molecule has 0 radical (unpaired) electrons. The number of nitrogens with one attached hydrogen (secondary N) is 1. The van der Waals surface area contributed by atoms with Crippen molar-refractivity contribution in [3.8, 4) is 0 Å². The molecule has 4 heteroatoms. The summed E-state index contributed by atoms with van der Waals surface area (Å²) in [5, 5.41) is 4.15. The number of carbonyl (C=O) groups excluding carboxylic acids is 1. The van der Waals surface area contributed by atoms with Crippen molar-refractivity contribution < 1.29 is 4.79 Å². The summed E-state index contributed by atoms with van der Waals surface area (Å²) >= 11 is 0. The maximum atomic E-state index is 13.4.